The number of hydrogen-bond donors (Lipinski definition) is 2. The largest absolute Gasteiger partial charge is 0.346 e. The Kier molecular flexibility index (Phi) is 5.69. The van der Waals surface area contributed by atoms with Crippen LogP contribution in [0.4, 0.5) is 4.39 Å². The molecule has 4 aromatic rings. The molecule has 3 aromatic carbocycles. The molecule has 1 unspecified atom stereocenters. The summed E-state index contributed by atoms with van der Waals surface area (Å²) >= 11 is 18.4. The Morgan fingerprint density at radius 1 is 1.07 bits per heavy atom. The fraction of sp³-hybridized carbons (Fsp3) is 0.0909. The SMILES string of the molecule is CC(NC(=O)c1cc(Cl)c2[nH]c(-c3c(F)cccc3Cl)nc2c1)c1ccc(Cl)cc1. The highest BCUT2D eigenvalue weighted by Crippen LogP contribution is 2.32. The van der Waals surface area contributed by atoms with Gasteiger partial charge in [0.05, 0.1) is 32.7 Å². The van der Waals surface area contributed by atoms with Crippen LogP contribution in [0.1, 0.15) is 28.9 Å². The van der Waals surface area contributed by atoms with E-state index < -0.39 is 5.82 Å². The molecule has 0 saturated heterocycles. The number of fused-ring (bicyclic) bond motifs is 1. The molecule has 0 bridgehead atoms. The third-order valence-electron chi connectivity index (χ3n) is 4.72. The zero-order valence-electron chi connectivity index (χ0n) is 15.6. The smallest absolute Gasteiger partial charge is 0.251 e. The summed E-state index contributed by atoms with van der Waals surface area (Å²) in [5.41, 5.74) is 2.32. The molecule has 0 aliphatic carbocycles. The molecule has 1 aromatic heterocycles. The highest BCUT2D eigenvalue weighted by molar-refractivity contribution is 6.35. The van der Waals surface area contributed by atoms with Gasteiger partial charge in [-0.1, -0.05) is 53.0 Å². The van der Waals surface area contributed by atoms with Crippen LogP contribution in [-0.4, -0.2) is 15.9 Å². The lowest BCUT2D eigenvalue weighted by Gasteiger charge is -2.14. The molecule has 4 nitrogen and oxygen atoms in total. The number of halogens is 4. The second-order valence-electron chi connectivity index (χ2n) is 6.78. The minimum Gasteiger partial charge on any atom is -0.346 e. The Morgan fingerprint density at radius 3 is 2.50 bits per heavy atom. The number of aromatic amines is 1. The number of hydrogen-bond acceptors (Lipinski definition) is 2. The number of rotatable bonds is 4. The molecule has 30 heavy (non-hydrogen) atoms. The predicted octanol–water partition coefficient (Wildman–Crippen LogP) is 6.82. The van der Waals surface area contributed by atoms with Crippen molar-refractivity contribution in [1.29, 1.82) is 0 Å². The topological polar surface area (TPSA) is 57.8 Å². The minimum atomic E-state index is -0.507. The standard InChI is InChI=1S/C22H15Cl3FN3O/c1-11(12-5-7-14(23)8-6-12)27-22(30)13-9-16(25)20-18(10-13)28-21(29-20)19-15(24)3-2-4-17(19)26/h2-11H,1H3,(H,27,30)(H,28,29). The summed E-state index contributed by atoms with van der Waals surface area (Å²) in [4.78, 5) is 20.1. The number of H-pyrrole nitrogens is 1. The van der Waals surface area contributed by atoms with Gasteiger partial charge in [-0.05, 0) is 48.9 Å². The highest BCUT2D eigenvalue weighted by Gasteiger charge is 2.18. The lowest BCUT2D eigenvalue weighted by atomic mass is 10.1. The Bertz CT molecular complexity index is 1230. The first-order valence-electron chi connectivity index (χ1n) is 9.03. The molecule has 1 atom stereocenters. The first kappa shape index (κ1) is 20.7. The Morgan fingerprint density at radius 2 is 1.80 bits per heavy atom. The van der Waals surface area contributed by atoms with E-state index in [1.165, 1.54) is 12.1 Å². The third-order valence-corrected chi connectivity index (χ3v) is 5.59. The van der Waals surface area contributed by atoms with Gasteiger partial charge in [0.2, 0.25) is 0 Å². The first-order chi connectivity index (χ1) is 14.3. The number of amides is 1. The molecule has 152 valence electrons. The molecule has 0 spiro atoms. The lowest BCUT2D eigenvalue weighted by molar-refractivity contribution is 0.0940. The summed E-state index contributed by atoms with van der Waals surface area (Å²) in [6.07, 6.45) is 0. The van der Waals surface area contributed by atoms with Crippen LogP contribution in [-0.2, 0) is 0 Å². The summed E-state index contributed by atoms with van der Waals surface area (Å²) in [7, 11) is 0. The summed E-state index contributed by atoms with van der Waals surface area (Å²) < 4.78 is 14.3. The molecule has 8 heteroatoms. The van der Waals surface area contributed by atoms with Crippen LogP contribution in [0.15, 0.2) is 54.6 Å². The van der Waals surface area contributed by atoms with Crippen molar-refractivity contribution in [2.75, 3.05) is 0 Å². The van der Waals surface area contributed by atoms with Gasteiger partial charge in [-0.15, -0.1) is 0 Å². The highest BCUT2D eigenvalue weighted by atomic mass is 35.5. The molecule has 0 aliphatic heterocycles. The van der Waals surface area contributed by atoms with Crippen molar-refractivity contribution < 1.29 is 9.18 Å². The normalized spacial score (nSPS) is 12.2. The fourth-order valence-corrected chi connectivity index (χ4v) is 3.80. The summed E-state index contributed by atoms with van der Waals surface area (Å²) in [5.74, 6) is -0.579. The van der Waals surface area contributed by atoms with E-state index in [2.05, 4.69) is 15.3 Å². The summed E-state index contributed by atoms with van der Waals surface area (Å²) in [6.45, 7) is 1.87. The van der Waals surface area contributed by atoms with E-state index in [9.17, 15) is 9.18 Å². The van der Waals surface area contributed by atoms with Gasteiger partial charge in [-0.25, -0.2) is 9.37 Å². The molecular weight excluding hydrogens is 448 g/mol. The van der Waals surface area contributed by atoms with Gasteiger partial charge in [-0.2, -0.15) is 0 Å². The van der Waals surface area contributed by atoms with Crippen LogP contribution >= 0.6 is 34.8 Å². The molecule has 1 amide bonds. The second kappa shape index (κ2) is 8.26. The van der Waals surface area contributed by atoms with Crippen LogP contribution in [0.25, 0.3) is 22.4 Å². The van der Waals surface area contributed by atoms with Crippen LogP contribution in [0.5, 0.6) is 0 Å². The maximum Gasteiger partial charge on any atom is 0.251 e. The zero-order chi connectivity index (χ0) is 21.4. The van der Waals surface area contributed by atoms with Crippen LogP contribution in [0.3, 0.4) is 0 Å². The van der Waals surface area contributed by atoms with Crippen LogP contribution in [0.2, 0.25) is 15.1 Å². The van der Waals surface area contributed by atoms with E-state index >= 15 is 0 Å². The predicted molar refractivity (Wildman–Crippen MR) is 119 cm³/mol. The van der Waals surface area contributed by atoms with Crippen molar-refractivity contribution in [2.45, 2.75) is 13.0 Å². The number of benzene rings is 3. The number of aromatic nitrogens is 2. The quantitative estimate of drug-likeness (QED) is 0.349. The molecule has 0 fully saturated rings. The van der Waals surface area contributed by atoms with E-state index in [0.29, 0.717) is 26.6 Å². The van der Waals surface area contributed by atoms with Crippen molar-refractivity contribution in [3.05, 3.63) is 86.6 Å². The Hall–Kier alpha value is -2.60. The van der Waals surface area contributed by atoms with Crippen molar-refractivity contribution in [3.8, 4) is 11.4 Å². The number of imidazole rings is 1. The number of carbonyl (C=O) groups excluding carboxylic acids is 1. The van der Waals surface area contributed by atoms with Crippen molar-refractivity contribution in [3.63, 3.8) is 0 Å². The molecule has 0 aliphatic rings. The Labute approximate surface area is 187 Å². The van der Waals surface area contributed by atoms with E-state index in [4.69, 9.17) is 34.8 Å². The van der Waals surface area contributed by atoms with Crippen LogP contribution < -0.4 is 5.32 Å². The number of carbonyl (C=O) groups is 1. The maximum atomic E-state index is 14.3. The summed E-state index contributed by atoms with van der Waals surface area (Å²) in [6, 6.07) is 14.5. The van der Waals surface area contributed by atoms with Crippen molar-refractivity contribution in [2.24, 2.45) is 0 Å². The van der Waals surface area contributed by atoms with Gasteiger partial charge in [0.1, 0.15) is 11.6 Å². The zero-order valence-corrected chi connectivity index (χ0v) is 17.9. The lowest BCUT2D eigenvalue weighted by Crippen LogP contribution is -2.26. The van der Waals surface area contributed by atoms with Gasteiger partial charge < -0.3 is 10.3 Å². The molecular formula is C22H15Cl3FN3O. The average molecular weight is 463 g/mol. The van der Waals surface area contributed by atoms with E-state index in [1.54, 1.807) is 30.3 Å². The number of nitrogens with zero attached hydrogens (tertiary/aromatic N) is 1. The Balaban J connectivity index is 1.65. The number of nitrogens with one attached hydrogen (secondary N) is 2. The van der Waals surface area contributed by atoms with Crippen molar-refractivity contribution in [1.82, 2.24) is 15.3 Å². The molecule has 1 heterocycles. The van der Waals surface area contributed by atoms with E-state index in [0.717, 1.165) is 5.56 Å². The van der Waals surface area contributed by atoms with Gasteiger partial charge in [-0.3, -0.25) is 4.79 Å². The van der Waals surface area contributed by atoms with E-state index in [1.807, 2.05) is 19.1 Å². The van der Waals surface area contributed by atoms with Crippen LogP contribution in [0, 0.1) is 5.82 Å². The van der Waals surface area contributed by atoms with Gasteiger partial charge in [0, 0.05) is 10.6 Å². The van der Waals surface area contributed by atoms with Gasteiger partial charge in [0.15, 0.2) is 0 Å². The minimum absolute atomic E-state index is 0.147. The van der Waals surface area contributed by atoms with Crippen molar-refractivity contribution >= 4 is 51.7 Å². The first-order valence-corrected chi connectivity index (χ1v) is 10.2. The van der Waals surface area contributed by atoms with Gasteiger partial charge in [0.25, 0.3) is 5.91 Å². The summed E-state index contributed by atoms with van der Waals surface area (Å²) in [5, 5.41) is 4.06. The molecule has 4 rings (SSSR count). The van der Waals surface area contributed by atoms with Gasteiger partial charge >= 0.3 is 0 Å². The fourth-order valence-electron chi connectivity index (χ4n) is 3.16. The molecule has 0 saturated carbocycles. The maximum absolute atomic E-state index is 14.3. The molecule has 2 N–H and O–H groups in total. The molecule has 0 radical (unpaired) electrons. The average Bonchev–Trinajstić information content (AvgIpc) is 3.12. The monoisotopic (exact) mass is 461 g/mol. The third kappa shape index (κ3) is 4.01. The second-order valence-corrected chi connectivity index (χ2v) is 8.03. The van der Waals surface area contributed by atoms with E-state index in [-0.39, 0.29) is 28.4 Å².